The van der Waals surface area contributed by atoms with Crippen LogP contribution in [0.1, 0.15) is 10.4 Å². The van der Waals surface area contributed by atoms with Crippen molar-refractivity contribution in [2.75, 3.05) is 7.11 Å². The summed E-state index contributed by atoms with van der Waals surface area (Å²) < 4.78 is 5.21. The van der Waals surface area contributed by atoms with Crippen LogP contribution in [0.25, 0.3) is 33.5 Å². The van der Waals surface area contributed by atoms with Gasteiger partial charge in [0.25, 0.3) is 0 Å². The van der Waals surface area contributed by atoms with E-state index in [4.69, 9.17) is 10.5 Å². The SMILES string of the molecule is COc1ccc2nc(-c3n[nH]c4ccc(C(N)=O)cc34)[nH]c2c1. The summed E-state index contributed by atoms with van der Waals surface area (Å²) in [4.78, 5) is 19.1. The van der Waals surface area contributed by atoms with Crippen LogP contribution in [0.15, 0.2) is 36.4 Å². The van der Waals surface area contributed by atoms with Gasteiger partial charge in [0.05, 0.1) is 23.7 Å². The number of fused-ring (bicyclic) bond motifs is 2. The van der Waals surface area contributed by atoms with Crippen molar-refractivity contribution in [2.24, 2.45) is 5.73 Å². The highest BCUT2D eigenvalue weighted by atomic mass is 16.5. The van der Waals surface area contributed by atoms with Gasteiger partial charge in [-0.05, 0) is 30.3 Å². The predicted octanol–water partition coefficient (Wildman–Crippen LogP) is 2.21. The van der Waals surface area contributed by atoms with Crippen molar-refractivity contribution in [1.29, 1.82) is 0 Å². The second kappa shape index (κ2) is 4.84. The number of carbonyl (C=O) groups excluding carboxylic acids is 1. The molecule has 114 valence electrons. The summed E-state index contributed by atoms with van der Waals surface area (Å²) in [7, 11) is 1.62. The van der Waals surface area contributed by atoms with Crippen LogP contribution in [-0.4, -0.2) is 33.2 Å². The average Bonchev–Trinajstić information content (AvgIpc) is 3.16. The summed E-state index contributed by atoms with van der Waals surface area (Å²) in [6.07, 6.45) is 0. The second-order valence-electron chi connectivity index (χ2n) is 5.17. The molecule has 0 aliphatic rings. The number of nitrogens with zero attached hydrogens (tertiary/aromatic N) is 2. The van der Waals surface area contributed by atoms with Gasteiger partial charge in [-0.3, -0.25) is 9.89 Å². The van der Waals surface area contributed by atoms with Gasteiger partial charge in [-0.1, -0.05) is 0 Å². The minimum atomic E-state index is -0.478. The second-order valence-corrected chi connectivity index (χ2v) is 5.17. The summed E-state index contributed by atoms with van der Waals surface area (Å²) in [5.74, 6) is 0.880. The van der Waals surface area contributed by atoms with Gasteiger partial charge in [0.15, 0.2) is 5.82 Å². The Labute approximate surface area is 130 Å². The molecule has 0 saturated heterocycles. The maximum absolute atomic E-state index is 11.4. The first-order valence-corrected chi connectivity index (χ1v) is 6.98. The van der Waals surface area contributed by atoms with E-state index in [1.165, 1.54) is 0 Å². The lowest BCUT2D eigenvalue weighted by molar-refractivity contribution is 0.100. The maximum atomic E-state index is 11.4. The van der Waals surface area contributed by atoms with Crippen LogP contribution in [0.5, 0.6) is 5.75 Å². The normalized spacial score (nSPS) is 11.2. The lowest BCUT2D eigenvalue weighted by atomic mass is 10.1. The molecule has 7 heteroatoms. The Hall–Kier alpha value is -3.35. The Bertz CT molecular complexity index is 1050. The number of benzene rings is 2. The lowest BCUT2D eigenvalue weighted by Crippen LogP contribution is -2.10. The number of carbonyl (C=O) groups is 1. The van der Waals surface area contributed by atoms with E-state index in [1.54, 1.807) is 25.3 Å². The van der Waals surface area contributed by atoms with Crippen molar-refractivity contribution in [1.82, 2.24) is 20.2 Å². The zero-order valence-electron chi connectivity index (χ0n) is 12.3. The van der Waals surface area contributed by atoms with E-state index in [-0.39, 0.29) is 0 Å². The molecule has 2 aromatic heterocycles. The third-order valence-electron chi connectivity index (χ3n) is 3.76. The first kappa shape index (κ1) is 13.3. The van der Waals surface area contributed by atoms with E-state index in [2.05, 4.69) is 20.2 Å². The van der Waals surface area contributed by atoms with Crippen molar-refractivity contribution in [3.63, 3.8) is 0 Å². The first-order valence-electron chi connectivity index (χ1n) is 6.98. The number of hydrogen-bond acceptors (Lipinski definition) is 4. The summed E-state index contributed by atoms with van der Waals surface area (Å²) >= 11 is 0. The molecule has 0 unspecified atom stereocenters. The Morgan fingerprint density at radius 2 is 2.04 bits per heavy atom. The van der Waals surface area contributed by atoms with Gasteiger partial charge in [-0.25, -0.2) is 4.98 Å². The minimum absolute atomic E-state index is 0.429. The van der Waals surface area contributed by atoms with Crippen LogP contribution < -0.4 is 10.5 Å². The van der Waals surface area contributed by atoms with Crippen molar-refractivity contribution in [3.8, 4) is 17.3 Å². The molecule has 7 nitrogen and oxygen atoms in total. The topological polar surface area (TPSA) is 110 Å². The van der Waals surface area contributed by atoms with E-state index >= 15 is 0 Å². The number of methoxy groups -OCH3 is 1. The molecule has 0 saturated carbocycles. The highest BCUT2D eigenvalue weighted by molar-refractivity contribution is 6.00. The smallest absolute Gasteiger partial charge is 0.248 e. The Balaban J connectivity index is 1.91. The van der Waals surface area contributed by atoms with Crippen molar-refractivity contribution in [2.45, 2.75) is 0 Å². The molecule has 0 aliphatic carbocycles. The molecule has 23 heavy (non-hydrogen) atoms. The van der Waals surface area contributed by atoms with Crippen LogP contribution in [0.4, 0.5) is 0 Å². The van der Waals surface area contributed by atoms with Gasteiger partial charge < -0.3 is 15.5 Å². The Kier molecular flexibility index (Phi) is 2.80. The number of hydrogen-bond donors (Lipinski definition) is 3. The van der Waals surface area contributed by atoms with E-state index < -0.39 is 5.91 Å². The Morgan fingerprint density at radius 1 is 1.17 bits per heavy atom. The number of nitrogens with two attached hydrogens (primary N) is 1. The summed E-state index contributed by atoms with van der Waals surface area (Å²) in [6, 6.07) is 10.7. The fourth-order valence-electron chi connectivity index (χ4n) is 2.58. The molecule has 0 atom stereocenters. The summed E-state index contributed by atoms with van der Waals surface area (Å²) in [6.45, 7) is 0. The van der Waals surface area contributed by atoms with Gasteiger partial charge in [-0.2, -0.15) is 5.10 Å². The predicted molar refractivity (Wildman–Crippen MR) is 86.3 cm³/mol. The number of nitrogens with one attached hydrogen (secondary N) is 2. The molecular formula is C16H13N5O2. The minimum Gasteiger partial charge on any atom is -0.497 e. The number of aromatic nitrogens is 4. The van der Waals surface area contributed by atoms with Crippen molar-refractivity contribution < 1.29 is 9.53 Å². The van der Waals surface area contributed by atoms with E-state index in [1.807, 2.05) is 18.2 Å². The van der Waals surface area contributed by atoms with Crippen LogP contribution >= 0.6 is 0 Å². The molecule has 0 radical (unpaired) electrons. The molecular weight excluding hydrogens is 294 g/mol. The maximum Gasteiger partial charge on any atom is 0.248 e. The number of rotatable bonds is 3. The fourth-order valence-corrected chi connectivity index (χ4v) is 2.58. The highest BCUT2D eigenvalue weighted by Gasteiger charge is 2.14. The van der Waals surface area contributed by atoms with Gasteiger partial charge >= 0.3 is 0 Å². The molecule has 0 fully saturated rings. The van der Waals surface area contributed by atoms with Crippen LogP contribution in [0.3, 0.4) is 0 Å². The number of primary amides is 1. The molecule has 1 amide bonds. The molecule has 0 spiro atoms. The van der Waals surface area contributed by atoms with E-state index in [0.717, 1.165) is 27.7 Å². The number of ether oxygens (including phenoxy) is 1. The summed E-state index contributed by atoms with van der Waals surface area (Å²) in [5.41, 5.74) is 8.88. The van der Waals surface area contributed by atoms with Crippen LogP contribution in [0.2, 0.25) is 0 Å². The summed E-state index contributed by atoms with van der Waals surface area (Å²) in [5, 5.41) is 8.02. The van der Waals surface area contributed by atoms with Gasteiger partial charge in [-0.15, -0.1) is 0 Å². The highest BCUT2D eigenvalue weighted by Crippen LogP contribution is 2.28. The monoisotopic (exact) mass is 307 g/mol. The third-order valence-corrected chi connectivity index (χ3v) is 3.76. The van der Waals surface area contributed by atoms with Crippen molar-refractivity contribution >= 4 is 27.8 Å². The zero-order valence-corrected chi connectivity index (χ0v) is 12.3. The van der Waals surface area contributed by atoms with Gasteiger partial charge in [0.2, 0.25) is 5.91 Å². The molecule has 4 aromatic rings. The fraction of sp³-hybridized carbons (Fsp3) is 0.0625. The zero-order chi connectivity index (χ0) is 16.0. The third kappa shape index (κ3) is 2.10. The average molecular weight is 307 g/mol. The van der Waals surface area contributed by atoms with E-state index in [0.29, 0.717) is 17.1 Å². The van der Waals surface area contributed by atoms with Crippen LogP contribution in [-0.2, 0) is 0 Å². The Morgan fingerprint density at radius 3 is 2.83 bits per heavy atom. The van der Waals surface area contributed by atoms with Gasteiger partial charge in [0, 0.05) is 17.0 Å². The number of aromatic amines is 2. The molecule has 2 heterocycles. The lowest BCUT2D eigenvalue weighted by Gasteiger charge is -1.97. The molecule has 4 rings (SSSR count). The van der Waals surface area contributed by atoms with Crippen molar-refractivity contribution in [3.05, 3.63) is 42.0 Å². The standard InChI is InChI=1S/C16H13N5O2/c1-23-9-3-5-12-13(7-9)19-16(18-12)14-10-6-8(15(17)22)2-4-11(10)20-21-14/h2-7H,1H3,(H2,17,22)(H,18,19)(H,20,21). The molecule has 2 aromatic carbocycles. The quantitative estimate of drug-likeness (QED) is 0.539. The molecule has 4 N–H and O–H groups in total. The van der Waals surface area contributed by atoms with Crippen LogP contribution in [0, 0.1) is 0 Å². The van der Waals surface area contributed by atoms with E-state index in [9.17, 15) is 4.79 Å². The number of imidazole rings is 1. The van der Waals surface area contributed by atoms with Gasteiger partial charge in [0.1, 0.15) is 11.4 Å². The molecule has 0 aliphatic heterocycles. The number of amides is 1. The molecule has 0 bridgehead atoms. The first-order chi connectivity index (χ1) is 11.2. The number of H-pyrrole nitrogens is 2. The largest absolute Gasteiger partial charge is 0.497 e.